The van der Waals surface area contributed by atoms with Crippen LogP contribution in [0.2, 0.25) is 0 Å². The first-order valence-electron chi connectivity index (χ1n) is 19.1. The Balaban J connectivity index is 1.28. The number of hydrogen-bond donors (Lipinski definition) is 0. The Bertz CT molecular complexity index is 2830. The molecule has 0 aliphatic rings. The zero-order chi connectivity index (χ0) is 37.3. The van der Waals surface area contributed by atoms with E-state index < -0.39 is 0 Å². The maximum absolute atomic E-state index is 6.49. The fourth-order valence-electron chi connectivity index (χ4n) is 8.00. The van der Waals surface area contributed by atoms with Crippen LogP contribution in [-0.4, -0.2) is 0 Å². The molecule has 264 valence electrons. The molecule has 0 radical (unpaired) electrons. The minimum Gasteiger partial charge on any atom is -0.456 e. The normalized spacial score (nSPS) is 11.2. The molecule has 0 fully saturated rings. The van der Waals surface area contributed by atoms with Gasteiger partial charge in [0, 0.05) is 27.7 Å². The van der Waals surface area contributed by atoms with Crippen molar-refractivity contribution in [2.75, 3.05) is 4.90 Å². The van der Waals surface area contributed by atoms with Crippen molar-refractivity contribution in [2.45, 2.75) is 0 Å². The zero-order valence-electron chi connectivity index (χ0n) is 30.7. The summed E-state index contributed by atoms with van der Waals surface area (Å²) in [6.07, 6.45) is 0. The molecule has 1 aromatic heterocycles. The van der Waals surface area contributed by atoms with Crippen LogP contribution in [0, 0.1) is 0 Å². The topological polar surface area (TPSA) is 16.4 Å². The van der Waals surface area contributed by atoms with Gasteiger partial charge < -0.3 is 9.32 Å². The summed E-state index contributed by atoms with van der Waals surface area (Å²) in [4.78, 5) is 2.42. The SMILES string of the molecule is c1ccc(-c2ccc(N(c3ccc(-c4ccccc4)cc3)c3cc(-c4ccccc4)c(-c4ccccc4)cc3-c3cccc4oc5ccccc5c34)cc2)cc1. The van der Waals surface area contributed by atoms with Gasteiger partial charge in [0.1, 0.15) is 11.2 Å². The van der Waals surface area contributed by atoms with E-state index in [1.54, 1.807) is 0 Å². The molecule has 10 rings (SSSR count). The molecule has 2 nitrogen and oxygen atoms in total. The second-order valence-electron chi connectivity index (χ2n) is 14.1. The zero-order valence-corrected chi connectivity index (χ0v) is 30.7. The maximum Gasteiger partial charge on any atom is 0.136 e. The fourth-order valence-corrected chi connectivity index (χ4v) is 8.00. The van der Waals surface area contributed by atoms with Gasteiger partial charge in [-0.05, 0) is 98.6 Å². The van der Waals surface area contributed by atoms with Crippen LogP contribution in [0.1, 0.15) is 0 Å². The summed E-state index contributed by atoms with van der Waals surface area (Å²) >= 11 is 0. The number of fused-ring (bicyclic) bond motifs is 3. The van der Waals surface area contributed by atoms with Crippen molar-refractivity contribution >= 4 is 39.0 Å². The summed E-state index contributed by atoms with van der Waals surface area (Å²) in [7, 11) is 0. The van der Waals surface area contributed by atoms with Crippen LogP contribution in [0.5, 0.6) is 0 Å². The Labute approximate surface area is 327 Å². The van der Waals surface area contributed by atoms with Crippen LogP contribution in [-0.2, 0) is 0 Å². The molecule has 0 amide bonds. The summed E-state index contributed by atoms with van der Waals surface area (Å²) < 4.78 is 6.49. The summed E-state index contributed by atoms with van der Waals surface area (Å²) in [5, 5.41) is 2.21. The molecule has 0 atom stereocenters. The van der Waals surface area contributed by atoms with Gasteiger partial charge >= 0.3 is 0 Å². The van der Waals surface area contributed by atoms with E-state index >= 15 is 0 Å². The van der Waals surface area contributed by atoms with E-state index in [0.717, 1.165) is 66.8 Å². The van der Waals surface area contributed by atoms with Crippen molar-refractivity contribution in [2.24, 2.45) is 0 Å². The number of nitrogens with zero attached hydrogens (tertiary/aromatic N) is 1. The highest BCUT2D eigenvalue weighted by Crippen LogP contribution is 2.49. The fraction of sp³-hybridized carbons (Fsp3) is 0. The smallest absolute Gasteiger partial charge is 0.136 e. The summed E-state index contributed by atoms with van der Waals surface area (Å²) in [5.41, 5.74) is 16.5. The molecule has 0 saturated heterocycles. The lowest BCUT2D eigenvalue weighted by atomic mass is 9.88. The monoisotopic (exact) mass is 715 g/mol. The standard InChI is InChI=1S/C54H37NO/c1-5-16-38(17-6-1)40-28-32-44(33-29-40)55(45-34-30-41(31-35-45)39-18-7-2-8-19-39)51-37-49(43-22-11-4-12-23-43)48(42-20-9-3-10-21-42)36-50(51)46-25-15-27-53-54(46)47-24-13-14-26-52(47)56-53/h1-37H. The van der Waals surface area contributed by atoms with Gasteiger partial charge in [-0.25, -0.2) is 0 Å². The lowest BCUT2D eigenvalue weighted by Gasteiger charge is -2.30. The minimum absolute atomic E-state index is 0.869. The third-order valence-electron chi connectivity index (χ3n) is 10.7. The molecule has 0 aliphatic heterocycles. The van der Waals surface area contributed by atoms with Crippen LogP contribution < -0.4 is 4.90 Å². The Kier molecular flexibility index (Phi) is 8.55. The maximum atomic E-state index is 6.49. The highest BCUT2D eigenvalue weighted by atomic mass is 16.3. The molecule has 0 spiro atoms. The molecule has 0 saturated carbocycles. The highest BCUT2D eigenvalue weighted by molar-refractivity contribution is 6.14. The molecular weight excluding hydrogens is 679 g/mol. The lowest BCUT2D eigenvalue weighted by Crippen LogP contribution is -2.12. The molecule has 0 N–H and O–H groups in total. The second-order valence-corrected chi connectivity index (χ2v) is 14.1. The van der Waals surface area contributed by atoms with Crippen molar-refractivity contribution in [3.63, 3.8) is 0 Å². The molecule has 1 heterocycles. The molecule has 10 aromatic rings. The van der Waals surface area contributed by atoms with Crippen LogP contribution in [0.25, 0.3) is 77.6 Å². The number of hydrogen-bond acceptors (Lipinski definition) is 2. The molecule has 56 heavy (non-hydrogen) atoms. The predicted molar refractivity (Wildman–Crippen MR) is 236 cm³/mol. The third-order valence-corrected chi connectivity index (χ3v) is 10.7. The quantitative estimate of drug-likeness (QED) is 0.156. The van der Waals surface area contributed by atoms with Gasteiger partial charge in [-0.3, -0.25) is 0 Å². The van der Waals surface area contributed by atoms with Gasteiger partial charge in [-0.2, -0.15) is 0 Å². The predicted octanol–water partition coefficient (Wildman–Crippen LogP) is 15.4. The van der Waals surface area contributed by atoms with Crippen molar-refractivity contribution < 1.29 is 4.42 Å². The molecule has 0 unspecified atom stereocenters. The van der Waals surface area contributed by atoms with E-state index in [2.05, 4.69) is 223 Å². The van der Waals surface area contributed by atoms with E-state index in [1.807, 2.05) is 6.07 Å². The van der Waals surface area contributed by atoms with Crippen LogP contribution >= 0.6 is 0 Å². The van der Waals surface area contributed by atoms with E-state index in [-0.39, 0.29) is 0 Å². The molecular formula is C54H37NO. The Hall–Kier alpha value is -7.42. The summed E-state index contributed by atoms with van der Waals surface area (Å²) in [5.74, 6) is 0. The Morgan fingerprint density at radius 3 is 1.25 bits per heavy atom. The van der Waals surface area contributed by atoms with Gasteiger partial charge in [-0.1, -0.05) is 176 Å². The van der Waals surface area contributed by atoms with Crippen LogP contribution in [0.4, 0.5) is 17.1 Å². The lowest BCUT2D eigenvalue weighted by molar-refractivity contribution is 0.669. The van der Waals surface area contributed by atoms with E-state index in [9.17, 15) is 0 Å². The number of benzene rings is 9. The van der Waals surface area contributed by atoms with Crippen molar-refractivity contribution in [1.29, 1.82) is 0 Å². The molecule has 0 aliphatic carbocycles. The summed E-state index contributed by atoms with van der Waals surface area (Å²) in [6, 6.07) is 80.2. The van der Waals surface area contributed by atoms with Crippen LogP contribution in [0.3, 0.4) is 0 Å². The van der Waals surface area contributed by atoms with Gasteiger partial charge in [0.05, 0.1) is 5.69 Å². The van der Waals surface area contributed by atoms with E-state index in [4.69, 9.17) is 4.42 Å². The van der Waals surface area contributed by atoms with Crippen LogP contribution in [0.15, 0.2) is 229 Å². The number of rotatable bonds is 8. The van der Waals surface area contributed by atoms with E-state index in [1.165, 1.54) is 27.8 Å². The van der Waals surface area contributed by atoms with Gasteiger partial charge in [0.2, 0.25) is 0 Å². The van der Waals surface area contributed by atoms with Gasteiger partial charge in [-0.15, -0.1) is 0 Å². The molecule has 9 aromatic carbocycles. The largest absolute Gasteiger partial charge is 0.456 e. The first kappa shape index (κ1) is 33.2. The van der Waals surface area contributed by atoms with Crippen molar-refractivity contribution in [3.05, 3.63) is 224 Å². The average Bonchev–Trinajstić information content (AvgIpc) is 3.67. The first-order valence-corrected chi connectivity index (χ1v) is 19.1. The molecule has 2 heteroatoms. The van der Waals surface area contributed by atoms with Gasteiger partial charge in [0.25, 0.3) is 0 Å². The van der Waals surface area contributed by atoms with Gasteiger partial charge in [0.15, 0.2) is 0 Å². The third kappa shape index (κ3) is 6.14. The van der Waals surface area contributed by atoms with E-state index in [0.29, 0.717) is 0 Å². The first-order chi connectivity index (χ1) is 27.8. The Morgan fingerprint density at radius 2 is 0.714 bits per heavy atom. The number of anilines is 3. The average molecular weight is 716 g/mol. The van der Waals surface area contributed by atoms with Crippen molar-refractivity contribution in [3.8, 4) is 55.6 Å². The minimum atomic E-state index is 0.869. The van der Waals surface area contributed by atoms with Crippen molar-refractivity contribution in [1.82, 2.24) is 0 Å². The summed E-state index contributed by atoms with van der Waals surface area (Å²) in [6.45, 7) is 0. The highest BCUT2D eigenvalue weighted by Gasteiger charge is 2.24. The molecule has 0 bridgehead atoms. The number of furan rings is 1. The second kappa shape index (κ2) is 14.4. The number of para-hydroxylation sites is 1. The Morgan fingerprint density at radius 1 is 0.286 bits per heavy atom.